The summed E-state index contributed by atoms with van der Waals surface area (Å²) in [6, 6.07) is 0. The summed E-state index contributed by atoms with van der Waals surface area (Å²) in [6.45, 7) is 0. The molecule has 0 N–H and O–H groups in total. The fourth-order valence-electron chi connectivity index (χ4n) is 1.11. The normalized spacial score (nSPS) is 11.6. The van der Waals surface area contributed by atoms with Crippen LogP contribution in [0.5, 0.6) is 0 Å². The molecule has 0 unspecified atom stereocenters. The van der Waals surface area contributed by atoms with Crippen molar-refractivity contribution in [3.05, 3.63) is 34.4 Å². The molecule has 2 radical (unpaired) electrons. The van der Waals surface area contributed by atoms with Crippen molar-refractivity contribution in [2.45, 2.75) is 6.18 Å². The average molecular weight is 470 g/mol. The van der Waals surface area contributed by atoms with E-state index in [-0.39, 0.29) is 25.2 Å². The third-order valence-corrected chi connectivity index (χ3v) is 2.48. The SMILES string of the molecule is O=C([O][Bi])c1c(F)c(F)c(C(F)(F)F)c(F)c1F. The van der Waals surface area contributed by atoms with E-state index in [9.17, 15) is 35.5 Å². The van der Waals surface area contributed by atoms with Gasteiger partial charge in [-0.2, -0.15) is 0 Å². The van der Waals surface area contributed by atoms with Gasteiger partial charge in [0, 0.05) is 0 Å². The fourth-order valence-corrected chi connectivity index (χ4v) is 1.46. The molecule has 1 rings (SSSR count). The molecule has 0 aliphatic carbocycles. The van der Waals surface area contributed by atoms with Gasteiger partial charge in [-0.05, 0) is 0 Å². The van der Waals surface area contributed by atoms with Crippen molar-refractivity contribution < 1.29 is 38.3 Å². The Morgan fingerprint density at radius 2 is 1.33 bits per heavy atom. The van der Waals surface area contributed by atoms with Gasteiger partial charge in [-0.15, -0.1) is 0 Å². The van der Waals surface area contributed by atoms with E-state index < -0.39 is 46.5 Å². The Kier molecular flexibility index (Phi) is 4.20. The molecule has 0 aliphatic rings. The number of halogens is 7. The Morgan fingerprint density at radius 1 is 0.944 bits per heavy atom. The molecule has 0 heterocycles. The van der Waals surface area contributed by atoms with E-state index >= 15 is 0 Å². The molecule has 0 fully saturated rings. The number of alkyl halides is 3. The van der Waals surface area contributed by atoms with E-state index in [2.05, 4.69) is 2.81 Å². The zero-order valence-electron chi connectivity index (χ0n) is 7.91. The van der Waals surface area contributed by atoms with E-state index in [0.717, 1.165) is 0 Å². The zero-order chi connectivity index (χ0) is 14.2. The molecule has 10 heteroatoms. The molecule has 0 bridgehead atoms. The molecule has 0 aromatic heterocycles. The Labute approximate surface area is 110 Å². The van der Waals surface area contributed by atoms with E-state index in [1.807, 2.05) is 0 Å². The zero-order valence-corrected chi connectivity index (χ0v) is 11.4. The van der Waals surface area contributed by atoms with Crippen molar-refractivity contribution in [1.82, 2.24) is 0 Å². The van der Waals surface area contributed by atoms with Crippen molar-refractivity contribution in [2.24, 2.45) is 0 Å². The van der Waals surface area contributed by atoms with Gasteiger partial charge in [0.2, 0.25) is 0 Å². The first-order chi connectivity index (χ1) is 8.12. The summed E-state index contributed by atoms with van der Waals surface area (Å²) in [5.74, 6) is -12.1. The molecule has 1 aromatic rings. The van der Waals surface area contributed by atoms with Crippen LogP contribution in [0.2, 0.25) is 0 Å². The van der Waals surface area contributed by atoms with Crippen molar-refractivity contribution in [1.29, 1.82) is 0 Å². The molecule has 2 nitrogen and oxygen atoms in total. The molecule has 1 aromatic carbocycles. The summed E-state index contributed by atoms with van der Waals surface area (Å²) in [4.78, 5) is 10.8. The molecular weight excluding hydrogens is 470 g/mol. The first kappa shape index (κ1) is 15.1. The molecule has 0 aliphatic heterocycles. The van der Waals surface area contributed by atoms with Crippen LogP contribution in [0.15, 0.2) is 0 Å². The van der Waals surface area contributed by atoms with Crippen LogP contribution >= 0.6 is 0 Å². The summed E-state index contributed by atoms with van der Waals surface area (Å²) in [5, 5.41) is 0. The molecule has 0 atom stereocenters. The van der Waals surface area contributed by atoms with Gasteiger partial charge in [-0.1, -0.05) is 0 Å². The molecule has 0 saturated carbocycles. The Morgan fingerprint density at radius 3 is 1.61 bits per heavy atom. The summed E-state index contributed by atoms with van der Waals surface area (Å²) in [7, 11) is 0. The molecule has 0 saturated heterocycles. The van der Waals surface area contributed by atoms with E-state index in [1.54, 1.807) is 0 Å². The molecular formula is C8BiF7O2. The van der Waals surface area contributed by atoms with Gasteiger partial charge in [0.05, 0.1) is 0 Å². The second kappa shape index (κ2) is 4.99. The van der Waals surface area contributed by atoms with Gasteiger partial charge in [0.1, 0.15) is 0 Å². The number of benzene rings is 1. The van der Waals surface area contributed by atoms with Gasteiger partial charge >= 0.3 is 110 Å². The van der Waals surface area contributed by atoms with Crippen LogP contribution in [0.25, 0.3) is 0 Å². The van der Waals surface area contributed by atoms with Crippen LogP contribution in [0.3, 0.4) is 0 Å². The molecule has 18 heavy (non-hydrogen) atoms. The number of hydrogen-bond donors (Lipinski definition) is 0. The topological polar surface area (TPSA) is 26.3 Å². The van der Waals surface area contributed by atoms with Crippen molar-refractivity contribution in [3.63, 3.8) is 0 Å². The second-order valence-corrected chi connectivity index (χ2v) is 3.59. The minimum atomic E-state index is -5.64. The molecule has 0 amide bonds. The van der Waals surface area contributed by atoms with Crippen LogP contribution in [0, 0.1) is 23.3 Å². The first-order valence-electron chi connectivity index (χ1n) is 3.91. The maximum atomic E-state index is 13.1. The third-order valence-electron chi connectivity index (χ3n) is 1.83. The van der Waals surface area contributed by atoms with Crippen LogP contribution in [-0.4, -0.2) is 31.1 Å². The predicted molar refractivity (Wildman–Crippen MR) is 42.4 cm³/mol. The second-order valence-electron chi connectivity index (χ2n) is 2.88. The van der Waals surface area contributed by atoms with Crippen molar-refractivity contribution in [2.75, 3.05) is 0 Å². The van der Waals surface area contributed by atoms with Gasteiger partial charge < -0.3 is 0 Å². The average Bonchev–Trinajstić information content (AvgIpc) is 2.24. The van der Waals surface area contributed by atoms with Crippen LogP contribution in [0.1, 0.15) is 15.9 Å². The Bertz CT molecular complexity index is 482. The number of rotatable bonds is 1. The predicted octanol–water partition coefficient (Wildman–Crippen LogP) is 2.50. The van der Waals surface area contributed by atoms with Crippen molar-refractivity contribution in [3.8, 4) is 0 Å². The Hall–Kier alpha value is -0.917. The van der Waals surface area contributed by atoms with E-state index in [4.69, 9.17) is 0 Å². The third kappa shape index (κ3) is 2.43. The maximum absolute atomic E-state index is 13.1. The monoisotopic (exact) mass is 470 g/mol. The van der Waals surface area contributed by atoms with E-state index in [0.29, 0.717) is 0 Å². The van der Waals surface area contributed by atoms with Gasteiger partial charge in [-0.25, -0.2) is 0 Å². The van der Waals surface area contributed by atoms with Crippen LogP contribution in [-0.2, 0) is 8.99 Å². The summed E-state index contributed by atoms with van der Waals surface area (Å²) < 4.78 is 92.6. The number of hydrogen-bond acceptors (Lipinski definition) is 2. The van der Waals surface area contributed by atoms with E-state index in [1.165, 1.54) is 0 Å². The standard InChI is InChI=1S/C8HF7O2.Bi/c9-3-1(7(16)17)4(10)6(12)2(5(3)11)8(13,14)15;/h(H,16,17);/q;+1/p-1. The summed E-state index contributed by atoms with van der Waals surface area (Å²) in [5.41, 5.74) is -4.57. The fraction of sp³-hybridized carbons (Fsp3) is 0.125. The first-order valence-corrected chi connectivity index (χ1v) is 5.33. The number of carbonyl (C=O) groups excluding carboxylic acids is 1. The van der Waals surface area contributed by atoms with Gasteiger partial charge in [-0.3, -0.25) is 0 Å². The van der Waals surface area contributed by atoms with Crippen LogP contribution < -0.4 is 0 Å². The van der Waals surface area contributed by atoms with Gasteiger partial charge in [0.25, 0.3) is 0 Å². The summed E-state index contributed by atoms with van der Waals surface area (Å²) in [6.07, 6.45) is -5.64. The van der Waals surface area contributed by atoms with Crippen molar-refractivity contribution >= 4 is 31.1 Å². The van der Waals surface area contributed by atoms with Crippen LogP contribution in [0.4, 0.5) is 30.7 Å². The Balaban J connectivity index is 3.72. The summed E-state index contributed by atoms with van der Waals surface area (Å²) >= 11 is -0.162. The van der Waals surface area contributed by atoms with Gasteiger partial charge in [0.15, 0.2) is 0 Å². The minimum absolute atomic E-state index is 0.162. The quantitative estimate of drug-likeness (QED) is 0.359. The molecule has 0 spiro atoms. The number of carbonyl (C=O) groups is 1. The molecule has 98 valence electrons.